The van der Waals surface area contributed by atoms with E-state index in [4.69, 9.17) is 11.6 Å². The van der Waals surface area contributed by atoms with Crippen LogP contribution in [0.1, 0.15) is 24.8 Å². The molecule has 1 aromatic heterocycles. The molecule has 0 aromatic carbocycles. The number of aliphatic hydroxyl groups is 1. The van der Waals surface area contributed by atoms with Crippen LogP contribution in [-0.2, 0) is 0 Å². The summed E-state index contributed by atoms with van der Waals surface area (Å²) in [6, 6.07) is 3.92. The molecular formula is C11H19ClIN3OS. The zero-order valence-corrected chi connectivity index (χ0v) is 14.5. The summed E-state index contributed by atoms with van der Waals surface area (Å²) in [4.78, 5) is 4.91. The van der Waals surface area contributed by atoms with Crippen molar-refractivity contribution in [3.8, 4) is 0 Å². The summed E-state index contributed by atoms with van der Waals surface area (Å²) in [7, 11) is 1.70. The smallest absolute Gasteiger partial charge is 0.191 e. The first kappa shape index (κ1) is 17.9. The van der Waals surface area contributed by atoms with E-state index in [1.54, 1.807) is 13.1 Å². The Kier molecular flexibility index (Phi) is 8.93. The maximum atomic E-state index is 9.92. The number of nitrogens with one attached hydrogen (secondary N) is 2. The van der Waals surface area contributed by atoms with Gasteiger partial charge in [0.15, 0.2) is 5.96 Å². The van der Waals surface area contributed by atoms with Crippen LogP contribution < -0.4 is 10.6 Å². The van der Waals surface area contributed by atoms with Crippen LogP contribution in [0.25, 0.3) is 0 Å². The van der Waals surface area contributed by atoms with Crippen molar-refractivity contribution in [2.45, 2.75) is 26.0 Å². The highest BCUT2D eigenvalue weighted by molar-refractivity contribution is 14.0. The number of nitrogens with zero attached hydrogens (tertiary/aromatic N) is 1. The van der Waals surface area contributed by atoms with Crippen molar-refractivity contribution in [1.29, 1.82) is 0 Å². The Morgan fingerprint density at radius 2 is 2.17 bits per heavy atom. The number of aliphatic imine (C=N–C) groups is 1. The van der Waals surface area contributed by atoms with Crippen LogP contribution >= 0.6 is 46.9 Å². The standard InChI is InChI=1S/C11H18ClN3OS.HI/c1-7(2)15-11(13-3)14-6-8(16)9-4-5-10(12)17-9;/h4-5,7-8,16H,6H2,1-3H3,(H2,13,14,15);1H. The second kappa shape index (κ2) is 8.95. The second-order valence-electron chi connectivity index (χ2n) is 3.91. The third-order valence-corrected chi connectivity index (χ3v) is 3.37. The molecule has 0 radical (unpaired) electrons. The Morgan fingerprint density at radius 3 is 2.61 bits per heavy atom. The SMILES string of the molecule is CN=C(NCC(O)c1ccc(Cl)s1)NC(C)C.I. The molecule has 1 atom stereocenters. The topological polar surface area (TPSA) is 56.7 Å². The average Bonchev–Trinajstić information content (AvgIpc) is 2.70. The molecule has 1 heterocycles. The van der Waals surface area contributed by atoms with Gasteiger partial charge < -0.3 is 15.7 Å². The van der Waals surface area contributed by atoms with Gasteiger partial charge in [-0.15, -0.1) is 35.3 Å². The van der Waals surface area contributed by atoms with Crippen molar-refractivity contribution in [1.82, 2.24) is 10.6 Å². The Morgan fingerprint density at radius 1 is 1.50 bits per heavy atom. The van der Waals surface area contributed by atoms with Crippen molar-refractivity contribution in [2.24, 2.45) is 4.99 Å². The highest BCUT2D eigenvalue weighted by Crippen LogP contribution is 2.26. The van der Waals surface area contributed by atoms with Gasteiger partial charge in [0.25, 0.3) is 0 Å². The van der Waals surface area contributed by atoms with Gasteiger partial charge in [0, 0.05) is 24.5 Å². The van der Waals surface area contributed by atoms with Gasteiger partial charge in [-0.2, -0.15) is 0 Å². The van der Waals surface area contributed by atoms with Crippen molar-refractivity contribution in [3.63, 3.8) is 0 Å². The average molecular weight is 404 g/mol. The molecule has 0 bridgehead atoms. The molecule has 4 nitrogen and oxygen atoms in total. The summed E-state index contributed by atoms with van der Waals surface area (Å²) in [5, 5.41) is 16.1. The van der Waals surface area contributed by atoms with E-state index in [9.17, 15) is 5.11 Å². The van der Waals surface area contributed by atoms with Gasteiger partial charge in [-0.25, -0.2) is 0 Å². The van der Waals surface area contributed by atoms with Gasteiger partial charge in [-0.05, 0) is 26.0 Å². The largest absolute Gasteiger partial charge is 0.386 e. The first-order valence-corrected chi connectivity index (χ1v) is 6.63. The summed E-state index contributed by atoms with van der Waals surface area (Å²) in [5.41, 5.74) is 0. The highest BCUT2D eigenvalue weighted by Gasteiger charge is 2.11. The minimum Gasteiger partial charge on any atom is -0.386 e. The third-order valence-electron chi connectivity index (χ3n) is 2.03. The van der Waals surface area contributed by atoms with E-state index in [0.717, 1.165) is 4.88 Å². The van der Waals surface area contributed by atoms with Gasteiger partial charge in [-0.3, -0.25) is 4.99 Å². The number of halogens is 2. The van der Waals surface area contributed by atoms with E-state index in [-0.39, 0.29) is 24.0 Å². The zero-order valence-electron chi connectivity index (χ0n) is 10.6. The molecule has 1 unspecified atom stereocenters. The van der Waals surface area contributed by atoms with Crippen molar-refractivity contribution in [2.75, 3.05) is 13.6 Å². The molecule has 0 aliphatic heterocycles. The fraction of sp³-hybridized carbons (Fsp3) is 0.545. The predicted octanol–water partition coefficient (Wildman–Crippen LogP) is 2.63. The van der Waals surface area contributed by atoms with Crippen molar-refractivity contribution in [3.05, 3.63) is 21.3 Å². The summed E-state index contributed by atoms with van der Waals surface area (Å²) in [5.74, 6) is 0.682. The maximum absolute atomic E-state index is 9.92. The van der Waals surface area contributed by atoms with Gasteiger partial charge in [0.1, 0.15) is 6.10 Å². The Labute approximate surface area is 134 Å². The van der Waals surface area contributed by atoms with Crippen molar-refractivity contribution < 1.29 is 5.11 Å². The molecule has 0 amide bonds. The van der Waals surface area contributed by atoms with Gasteiger partial charge in [0.05, 0.1) is 4.34 Å². The van der Waals surface area contributed by atoms with Gasteiger partial charge in [-0.1, -0.05) is 11.6 Å². The van der Waals surface area contributed by atoms with E-state index >= 15 is 0 Å². The van der Waals surface area contributed by atoms with Crippen LogP contribution in [0.2, 0.25) is 4.34 Å². The maximum Gasteiger partial charge on any atom is 0.191 e. The van der Waals surface area contributed by atoms with Crippen LogP contribution in [0.15, 0.2) is 17.1 Å². The monoisotopic (exact) mass is 403 g/mol. The van der Waals surface area contributed by atoms with E-state index < -0.39 is 6.10 Å². The van der Waals surface area contributed by atoms with Crippen LogP contribution in [0.4, 0.5) is 0 Å². The lowest BCUT2D eigenvalue weighted by atomic mass is 10.3. The summed E-state index contributed by atoms with van der Waals surface area (Å²) < 4.78 is 0.684. The molecule has 104 valence electrons. The normalized spacial score (nSPS) is 13.1. The molecule has 7 heteroatoms. The van der Waals surface area contributed by atoms with Gasteiger partial charge >= 0.3 is 0 Å². The van der Waals surface area contributed by atoms with Crippen LogP contribution in [0, 0.1) is 0 Å². The lowest BCUT2D eigenvalue weighted by molar-refractivity contribution is 0.184. The summed E-state index contributed by atoms with van der Waals surface area (Å²) >= 11 is 7.20. The first-order valence-electron chi connectivity index (χ1n) is 5.43. The fourth-order valence-electron chi connectivity index (χ4n) is 1.27. The Balaban J connectivity index is 0.00000289. The van der Waals surface area contributed by atoms with E-state index in [1.807, 2.05) is 19.9 Å². The van der Waals surface area contributed by atoms with Crippen molar-refractivity contribution >= 4 is 52.9 Å². The fourth-order valence-corrected chi connectivity index (χ4v) is 2.32. The Hall–Kier alpha value is -0.0500. The number of hydrogen-bond acceptors (Lipinski definition) is 3. The number of aliphatic hydroxyl groups excluding tert-OH is 1. The molecule has 0 saturated heterocycles. The number of thiophene rings is 1. The van der Waals surface area contributed by atoms with E-state index in [1.165, 1.54) is 11.3 Å². The second-order valence-corrected chi connectivity index (χ2v) is 5.66. The highest BCUT2D eigenvalue weighted by atomic mass is 127. The first-order chi connectivity index (χ1) is 8.02. The Bertz CT molecular complexity index is 384. The molecule has 1 aromatic rings. The summed E-state index contributed by atoms with van der Waals surface area (Å²) in [6.45, 7) is 4.47. The molecule has 18 heavy (non-hydrogen) atoms. The lowest BCUT2D eigenvalue weighted by Gasteiger charge is -2.16. The van der Waals surface area contributed by atoms with Crippen LogP contribution in [-0.4, -0.2) is 30.7 Å². The molecule has 0 aliphatic rings. The molecular weight excluding hydrogens is 385 g/mol. The lowest BCUT2D eigenvalue weighted by Crippen LogP contribution is -2.42. The van der Waals surface area contributed by atoms with E-state index in [2.05, 4.69) is 15.6 Å². The molecule has 0 spiro atoms. The zero-order chi connectivity index (χ0) is 12.8. The minimum atomic E-state index is -0.571. The predicted molar refractivity (Wildman–Crippen MR) is 89.3 cm³/mol. The molecule has 0 aliphatic carbocycles. The van der Waals surface area contributed by atoms with Gasteiger partial charge in [0.2, 0.25) is 0 Å². The van der Waals surface area contributed by atoms with Crippen LogP contribution in [0.5, 0.6) is 0 Å². The number of rotatable bonds is 4. The molecule has 3 N–H and O–H groups in total. The van der Waals surface area contributed by atoms with Crippen LogP contribution in [0.3, 0.4) is 0 Å². The molecule has 1 rings (SSSR count). The molecule has 0 fully saturated rings. The third kappa shape index (κ3) is 6.21. The quantitative estimate of drug-likeness (QED) is 0.411. The van der Waals surface area contributed by atoms with E-state index in [0.29, 0.717) is 22.9 Å². The summed E-state index contributed by atoms with van der Waals surface area (Å²) in [6.07, 6.45) is -0.571. The number of guanidine groups is 1. The molecule has 0 saturated carbocycles. The minimum absolute atomic E-state index is 0. The number of hydrogen-bond donors (Lipinski definition) is 3.